The molecule has 0 radical (unpaired) electrons. The molecule has 4 aromatic rings. The summed E-state index contributed by atoms with van der Waals surface area (Å²) in [6.45, 7) is 0.890. The van der Waals surface area contributed by atoms with Crippen LogP contribution in [0.2, 0.25) is 5.02 Å². The Morgan fingerprint density at radius 2 is 2.10 bits per heavy atom. The zero-order chi connectivity index (χ0) is 21.2. The van der Waals surface area contributed by atoms with Gasteiger partial charge in [0.2, 0.25) is 5.91 Å². The fraction of sp³-hybridized carbons (Fsp3) is 0.273. The monoisotopic (exact) mass is 469 g/mol. The largest absolute Gasteiger partial charge is 0.326 e. The Morgan fingerprint density at radius 1 is 1.16 bits per heavy atom. The predicted octanol–water partition coefficient (Wildman–Crippen LogP) is 5.69. The van der Waals surface area contributed by atoms with E-state index in [1.807, 2.05) is 22.9 Å². The molecule has 158 valence electrons. The minimum absolute atomic E-state index is 0.115. The van der Waals surface area contributed by atoms with Crippen molar-refractivity contribution >= 4 is 45.9 Å². The molecule has 5 rings (SSSR count). The summed E-state index contributed by atoms with van der Waals surface area (Å²) in [5.74, 6) is 1.65. The number of aryl methyl sites for hydroxylation is 1. The number of thiophene rings is 1. The van der Waals surface area contributed by atoms with E-state index in [0.29, 0.717) is 10.7 Å². The van der Waals surface area contributed by atoms with Crippen LogP contribution in [0.3, 0.4) is 0 Å². The van der Waals surface area contributed by atoms with Gasteiger partial charge < -0.3 is 9.88 Å². The Kier molecular flexibility index (Phi) is 5.85. The maximum absolute atomic E-state index is 12.6. The number of carbonyl (C=O) groups excluding carboxylic acids is 1. The lowest BCUT2D eigenvalue weighted by Crippen LogP contribution is -2.14. The van der Waals surface area contributed by atoms with Gasteiger partial charge in [-0.2, -0.15) is 11.3 Å². The number of benzene rings is 1. The molecule has 0 atom stereocenters. The summed E-state index contributed by atoms with van der Waals surface area (Å²) in [6, 6.07) is 7.51. The number of carbonyl (C=O) groups is 1. The van der Waals surface area contributed by atoms with Crippen LogP contribution >= 0.6 is 34.3 Å². The molecular formula is C22H20ClN5OS2. The van der Waals surface area contributed by atoms with Crippen LogP contribution in [0, 0.1) is 0 Å². The third-order valence-corrected chi connectivity index (χ3v) is 7.22. The molecule has 31 heavy (non-hydrogen) atoms. The number of nitrogens with one attached hydrogen (secondary N) is 1. The van der Waals surface area contributed by atoms with E-state index in [1.165, 1.54) is 6.42 Å². The van der Waals surface area contributed by atoms with Crippen LogP contribution in [0.15, 0.2) is 40.4 Å². The fourth-order valence-corrected chi connectivity index (χ4v) is 5.47. The smallest absolute Gasteiger partial charge is 0.230 e. The summed E-state index contributed by atoms with van der Waals surface area (Å²) in [4.78, 5) is 17.2. The van der Waals surface area contributed by atoms with Crippen molar-refractivity contribution in [2.45, 2.75) is 38.6 Å². The maximum atomic E-state index is 12.6. The Hall–Kier alpha value is -2.55. The molecule has 0 spiro atoms. The van der Waals surface area contributed by atoms with Crippen molar-refractivity contribution in [2.24, 2.45) is 0 Å². The molecule has 1 aliphatic rings. The number of halogens is 1. The van der Waals surface area contributed by atoms with Crippen LogP contribution in [0.5, 0.6) is 0 Å². The number of rotatable bonds is 5. The molecule has 9 heteroatoms. The maximum Gasteiger partial charge on any atom is 0.230 e. The van der Waals surface area contributed by atoms with E-state index < -0.39 is 0 Å². The van der Waals surface area contributed by atoms with Crippen LogP contribution in [0.4, 0.5) is 5.69 Å². The summed E-state index contributed by atoms with van der Waals surface area (Å²) in [6.07, 6.45) is 4.58. The minimum Gasteiger partial charge on any atom is -0.326 e. The Labute approximate surface area is 192 Å². The van der Waals surface area contributed by atoms with Gasteiger partial charge in [0.25, 0.3) is 0 Å². The number of aromatic nitrogens is 4. The van der Waals surface area contributed by atoms with Gasteiger partial charge in [-0.3, -0.25) is 4.79 Å². The minimum atomic E-state index is -0.115. The van der Waals surface area contributed by atoms with Crippen LogP contribution in [0.25, 0.3) is 22.0 Å². The highest BCUT2D eigenvalue weighted by Crippen LogP contribution is 2.31. The van der Waals surface area contributed by atoms with E-state index in [4.69, 9.17) is 11.6 Å². The average Bonchev–Trinajstić information content (AvgIpc) is 3.49. The molecular weight excluding hydrogens is 450 g/mol. The summed E-state index contributed by atoms with van der Waals surface area (Å²) >= 11 is 9.68. The zero-order valence-corrected chi connectivity index (χ0v) is 19.1. The molecule has 0 saturated carbocycles. The van der Waals surface area contributed by atoms with Crippen molar-refractivity contribution in [3.63, 3.8) is 0 Å². The standard InChI is InChI=1S/C22H20ClN5OS2/c23-18-6-5-15(10-17(18)21-27-26-19-4-2-1-3-8-28(19)21)24-20(29)11-16-13-31-22(25-16)14-7-9-30-12-14/h5-7,9-10,12-13H,1-4,8,11H2,(H,24,29). The van der Waals surface area contributed by atoms with Gasteiger partial charge in [-0.05, 0) is 42.5 Å². The highest BCUT2D eigenvalue weighted by molar-refractivity contribution is 7.14. The molecule has 3 aromatic heterocycles. The van der Waals surface area contributed by atoms with Gasteiger partial charge in [0.1, 0.15) is 10.8 Å². The number of thiazole rings is 1. The van der Waals surface area contributed by atoms with Gasteiger partial charge in [0, 0.05) is 40.5 Å². The quantitative estimate of drug-likeness (QED) is 0.407. The molecule has 0 fully saturated rings. The first-order chi connectivity index (χ1) is 15.2. The second kappa shape index (κ2) is 8.90. The SMILES string of the molecule is O=C(Cc1csc(-c2ccsc2)n1)Nc1ccc(Cl)c(-c2nnc3n2CCCCC3)c1. The lowest BCUT2D eigenvalue weighted by molar-refractivity contribution is -0.115. The van der Waals surface area contributed by atoms with Gasteiger partial charge in [0.15, 0.2) is 5.82 Å². The van der Waals surface area contributed by atoms with Crippen molar-refractivity contribution in [1.82, 2.24) is 19.7 Å². The van der Waals surface area contributed by atoms with Crippen molar-refractivity contribution in [3.05, 3.63) is 56.9 Å². The van der Waals surface area contributed by atoms with Crippen LogP contribution in [0.1, 0.15) is 30.8 Å². The van der Waals surface area contributed by atoms with Crippen molar-refractivity contribution in [1.29, 1.82) is 0 Å². The van der Waals surface area contributed by atoms with Crippen LogP contribution < -0.4 is 5.32 Å². The second-order valence-electron chi connectivity index (χ2n) is 7.48. The van der Waals surface area contributed by atoms with Gasteiger partial charge in [-0.15, -0.1) is 21.5 Å². The van der Waals surface area contributed by atoms with E-state index in [0.717, 1.165) is 59.3 Å². The molecule has 4 heterocycles. The van der Waals surface area contributed by atoms with Crippen LogP contribution in [-0.2, 0) is 24.2 Å². The summed E-state index contributed by atoms with van der Waals surface area (Å²) in [5.41, 5.74) is 3.33. The van der Waals surface area contributed by atoms with E-state index in [9.17, 15) is 4.79 Å². The first kappa shape index (κ1) is 20.4. The van der Waals surface area contributed by atoms with E-state index >= 15 is 0 Å². The molecule has 0 bridgehead atoms. The number of hydrogen-bond donors (Lipinski definition) is 1. The molecule has 0 aliphatic carbocycles. The highest BCUT2D eigenvalue weighted by atomic mass is 35.5. The molecule has 6 nitrogen and oxygen atoms in total. The third kappa shape index (κ3) is 4.42. The third-order valence-electron chi connectivity index (χ3n) is 5.26. The number of amides is 1. The van der Waals surface area contributed by atoms with E-state index in [-0.39, 0.29) is 12.3 Å². The number of anilines is 1. The Bertz CT molecular complexity index is 1210. The summed E-state index contributed by atoms with van der Waals surface area (Å²) in [5, 5.41) is 19.3. The predicted molar refractivity (Wildman–Crippen MR) is 126 cm³/mol. The topological polar surface area (TPSA) is 72.7 Å². The molecule has 0 unspecified atom stereocenters. The Balaban J connectivity index is 1.33. The van der Waals surface area contributed by atoms with E-state index in [1.54, 1.807) is 34.8 Å². The average molecular weight is 470 g/mol. The fourth-order valence-electron chi connectivity index (χ4n) is 3.74. The number of nitrogens with zero attached hydrogens (tertiary/aromatic N) is 4. The zero-order valence-electron chi connectivity index (χ0n) is 16.7. The summed E-state index contributed by atoms with van der Waals surface area (Å²) in [7, 11) is 0. The van der Waals surface area contributed by atoms with Crippen molar-refractivity contribution in [2.75, 3.05) is 5.32 Å². The molecule has 0 saturated heterocycles. The van der Waals surface area contributed by atoms with Gasteiger partial charge in [-0.25, -0.2) is 4.98 Å². The normalized spacial score (nSPS) is 13.6. The molecule has 1 aliphatic heterocycles. The van der Waals surface area contributed by atoms with Gasteiger partial charge in [-0.1, -0.05) is 18.0 Å². The first-order valence-electron chi connectivity index (χ1n) is 10.2. The van der Waals surface area contributed by atoms with Gasteiger partial charge >= 0.3 is 0 Å². The van der Waals surface area contributed by atoms with Gasteiger partial charge in [0.05, 0.1) is 17.1 Å². The molecule has 1 N–H and O–H groups in total. The van der Waals surface area contributed by atoms with Crippen molar-refractivity contribution in [3.8, 4) is 22.0 Å². The van der Waals surface area contributed by atoms with E-state index in [2.05, 4.69) is 30.4 Å². The second-order valence-corrected chi connectivity index (χ2v) is 9.52. The van der Waals surface area contributed by atoms with Crippen molar-refractivity contribution < 1.29 is 4.79 Å². The Morgan fingerprint density at radius 3 is 2.97 bits per heavy atom. The first-order valence-corrected chi connectivity index (χ1v) is 12.4. The number of fused-ring (bicyclic) bond motifs is 1. The highest BCUT2D eigenvalue weighted by Gasteiger charge is 2.19. The lowest BCUT2D eigenvalue weighted by Gasteiger charge is -2.11. The van der Waals surface area contributed by atoms with Crippen LogP contribution in [-0.4, -0.2) is 25.7 Å². The lowest BCUT2D eigenvalue weighted by atomic mass is 10.1. The summed E-state index contributed by atoms with van der Waals surface area (Å²) < 4.78 is 2.15. The molecule has 1 amide bonds. The number of hydrogen-bond acceptors (Lipinski definition) is 6. The molecule has 1 aromatic carbocycles.